The van der Waals surface area contributed by atoms with E-state index in [0.29, 0.717) is 0 Å². The smallest absolute Gasteiger partial charge is 0.191 e. The molecule has 1 aliphatic rings. The van der Waals surface area contributed by atoms with Crippen LogP contribution in [0.4, 0.5) is 0 Å². The molecule has 1 aliphatic carbocycles. The highest BCUT2D eigenvalue weighted by Gasteiger charge is 2.45. The van der Waals surface area contributed by atoms with Crippen LogP contribution >= 0.6 is 35.3 Å². The molecule has 2 N–H and O–H groups in total. The first-order valence-electron chi connectivity index (χ1n) is 8.38. The molecule has 0 aliphatic heterocycles. The number of nitrogens with zero attached hydrogens (tertiary/aromatic N) is 1. The van der Waals surface area contributed by atoms with Gasteiger partial charge in [0, 0.05) is 36.0 Å². The van der Waals surface area contributed by atoms with Crippen molar-refractivity contribution in [2.75, 3.05) is 27.2 Å². The largest absolute Gasteiger partial charge is 0.496 e. The number of guanidine groups is 1. The van der Waals surface area contributed by atoms with Gasteiger partial charge < -0.3 is 15.4 Å². The fourth-order valence-electron chi connectivity index (χ4n) is 3.01. The molecule has 4 nitrogen and oxygen atoms in total. The molecule has 1 aromatic heterocycles. The first-order valence-corrected chi connectivity index (χ1v) is 9.26. The van der Waals surface area contributed by atoms with Gasteiger partial charge in [-0.25, -0.2) is 0 Å². The Labute approximate surface area is 171 Å². The highest BCUT2D eigenvalue weighted by atomic mass is 127. The number of hydrogen-bond acceptors (Lipinski definition) is 3. The molecule has 136 valence electrons. The summed E-state index contributed by atoms with van der Waals surface area (Å²) < 4.78 is 5.54. The van der Waals surface area contributed by atoms with Crippen molar-refractivity contribution < 1.29 is 4.74 Å². The van der Waals surface area contributed by atoms with Gasteiger partial charge in [0.25, 0.3) is 0 Å². The van der Waals surface area contributed by atoms with Crippen molar-refractivity contribution in [2.45, 2.75) is 24.7 Å². The molecule has 25 heavy (non-hydrogen) atoms. The molecule has 0 radical (unpaired) electrons. The van der Waals surface area contributed by atoms with E-state index in [2.05, 4.69) is 45.3 Å². The highest BCUT2D eigenvalue weighted by molar-refractivity contribution is 14.0. The third-order valence-electron chi connectivity index (χ3n) is 4.59. The van der Waals surface area contributed by atoms with E-state index in [0.717, 1.165) is 31.2 Å². The monoisotopic (exact) mass is 471 g/mol. The average Bonchev–Trinajstić information content (AvgIpc) is 3.24. The molecule has 0 atom stereocenters. The van der Waals surface area contributed by atoms with Gasteiger partial charge in [-0.2, -0.15) is 0 Å². The molecule has 1 saturated carbocycles. The van der Waals surface area contributed by atoms with Gasteiger partial charge in [-0.1, -0.05) is 24.3 Å². The fraction of sp³-hybridized carbons (Fsp3) is 0.421. The van der Waals surface area contributed by atoms with E-state index in [1.807, 2.05) is 19.2 Å². The summed E-state index contributed by atoms with van der Waals surface area (Å²) in [7, 11) is 3.57. The molecule has 0 amide bonds. The predicted molar refractivity (Wildman–Crippen MR) is 117 cm³/mol. The summed E-state index contributed by atoms with van der Waals surface area (Å²) in [5, 5.41) is 9.01. The van der Waals surface area contributed by atoms with E-state index >= 15 is 0 Å². The van der Waals surface area contributed by atoms with Gasteiger partial charge >= 0.3 is 0 Å². The quantitative estimate of drug-likeness (QED) is 0.367. The van der Waals surface area contributed by atoms with E-state index in [-0.39, 0.29) is 29.4 Å². The second-order valence-electron chi connectivity index (χ2n) is 6.16. The van der Waals surface area contributed by atoms with Gasteiger partial charge in [-0.3, -0.25) is 4.99 Å². The summed E-state index contributed by atoms with van der Waals surface area (Å²) in [4.78, 5) is 5.73. The van der Waals surface area contributed by atoms with Crippen LogP contribution in [0.15, 0.2) is 46.8 Å². The fourth-order valence-corrected chi connectivity index (χ4v) is 3.72. The number of thiophene rings is 1. The molecule has 1 aromatic carbocycles. The third-order valence-corrected chi connectivity index (χ3v) is 5.53. The third kappa shape index (κ3) is 5.10. The van der Waals surface area contributed by atoms with E-state index in [1.54, 1.807) is 18.4 Å². The Morgan fingerprint density at radius 1 is 1.20 bits per heavy atom. The van der Waals surface area contributed by atoms with Crippen LogP contribution in [-0.2, 0) is 11.8 Å². The first-order chi connectivity index (χ1) is 11.8. The second-order valence-corrected chi connectivity index (χ2v) is 7.19. The lowest BCUT2D eigenvalue weighted by atomic mass is 9.95. The molecule has 0 unspecified atom stereocenters. The van der Waals surface area contributed by atoms with Crippen molar-refractivity contribution in [3.8, 4) is 5.75 Å². The summed E-state index contributed by atoms with van der Waals surface area (Å²) >= 11 is 1.80. The van der Waals surface area contributed by atoms with Crippen LogP contribution in [0.5, 0.6) is 5.75 Å². The van der Waals surface area contributed by atoms with Crippen molar-refractivity contribution in [3.63, 3.8) is 0 Å². The normalized spacial score (nSPS) is 15.2. The number of rotatable bonds is 7. The lowest BCUT2D eigenvalue weighted by Crippen LogP contribution is -2.42. The van der Waals surface area contributed by atoms with Crippen molar-refractivity contribution in [1.29, 1.82) is 0 Å². The van der Waals surface area contributed by atoms with E-state index in [4.69, 9.17) is 4.74 Å². The number of ether oxygens (including phenoxy) is 1. The lowest BCUT2D eigenvalue weighted by molar-refractivity contribution is 0.403. The first kappa shape index (κ1) is 20.0. The van der Waals surface area contributed by atoms with Crippen LogP contribution in [0.25, 0.3) is 0 Å². The molecule has 0 saturated heterocycles. The summed E-state index contributed by atoms with van der Waals surface area (Å²) in [6.07, 6.45) is 3.40. The number of halogens is 1. The van der Waals surface area contributed by atoms with Crippen molar-refractivity contribution in [3.05, 3.63) is 52.2 Å². The Bertz CT molecular complexity index is 684. The molecule has 0 bridgehead atoms. The summed E-state index contributed by atoms with van der Waals surface area (Å²) in [6, 6.07) is 12.6. The standard InChI is InChI=1S/C19H25N3OS.HI/c1-20-18(21-12-9-15-6-5-13-24-15)22-14-19(10-11-19)16-7-3-4-8-17(16)23-2;/h3-8,13H,9-12,14H2,1-2H3,(H2,20,21,22);1H. The van der Waals surface area contributed by atoms with Crippen LogP contribution in [0.2, 0.25) is 0 Å². The molecule has 1 fully saturated rings. The minimum atomic E-state index is 0. The molecule has 0 spiro atoms. The summed E-state index contributed by atoms with van der Waals surface area (Å²) in [6.45, 7) is 1.77. The van der Waals surface area contributed by atoms with E-state index < -0.39 is 0 Å². The number of methoxy groups -OCH3 is 1. The van der Waals surface area contributed by atoms with Crippen LogP contribution in [-0.4, -0.2) is 33.2 Å². The van der Waals surface area contributed by atoms with Gasteiger partial charge in [0.1, 0.15) is 5.75 Å². The zero-order chi connectivity index (χ0) is 16.8. The highest BCUT2D eigenvalue weighted by Crippen LogP contribution is 2.50. The maximum Gasteiger partial charge on any atom is 0.191 e. The molecular weight excluding hydrogens is 445 g/mol. The van der Waals surface area contributed by atoms with Crippen LogP contribution in [0.1, 0.15) is 23.3 Å². The Morgan fingerprint density at radius 2 is 2.00 bits per heavy atom. The Balaban J connectivity index is 0.00000225. The number of nitrogens with one attached hydrogen (secondary N) is 2. The van der Waals surface area contributed by atoms with Gasteiger partial charge in [0.15, 0.2) is 5.96 Å². The van der Waals surface area contributed by atoms with Crippen LogP contribution in [0.3, 0.4) is 0 Å². The van der Waals surface area contributed by atoms with Crippen molar-refractivity contribution in [2.24, 2.45) is 4.99 Å². The average molecular weight is 471 g/mol. The number of para-hydroxylation sites is 1. The molecule has 6 heteroatoms. The van der Waals surface area contributed by atoms with Crippen molar-refractivity contribution in [1.82, 2.24) is 10.6 Å². The minimum absolute atomic E-state index is 0. The molecule has 1 heterocycles. The van der Waals surface area contributed by atoms with E-state index in [1.165, 1.54) is 23.3 Å². The van der Waals surface area contributed by atoms with Gasteiger partial charge in [0.05, 0.1) is 7.11 Å². The minimum Gasteiger partial charge on any atom is -0.496 e. The molecule has 2 aromatic rings. The summed E-state index contributed by atoms with van der Waals surface area (Å²) in [5.74, 6) is 1.85. The van der Waals surface area contributed by atoms with Crippen LogP contribution in [0, 0.1) is 0 Å². The van der Waals surface area contributed by atoms with Gasteiger partial charge in [-0.05, 0) is 36.8 Å². The Hall–Kier alpha value is -1.28. The van der Waals surface area contributed by atoms with Crippen molar-refractivity contribution >= 4 is 41.3 Å². The van der Waals surface area contributed by atoms with Gasteiger partial charge in [0.2, 0.25) is 0 Å². The number of hydrogen-bond donors (Lipinski definition) is 2. The SMILES string of the molecule is CN=C(NCCc1cccs1)NCC1(c2ccccc2OC)CC1.I. The Kier molecular flexibility index (Phi) is 7.56. The predicted octanol–water partition coefficient (Wildman–Crippen LogP) is 3.81. The van der Waals surface area contributed by atoms with Gasteiger partial charge in [-0.15, -0.1) is 35.3 Å². The Morgan fingerprint density at radius 3 is 2.64 bits per heavy atom. The molecule has 3 rings (SSSR count). The topological polar surface area (TPSA) is 45.7 Å². The van der Waals surface area contributed by atoms with Crippen LogP contribution < -0.4 is 15.4 Å². The number of aliphatic imine (C=N–C) groups is 1. The number of benzene rings is 1. The summed E-state index contributed by atoms with van der Waals surface area (Å²) in [5.41, 5.74) is 1.48. The maximum atomic E-state index is 5.54. The van der Waals surface area contributed by atoms with E-state index in [9.17, 15) is 0 Å². The molecular formula is C19H26IN3OS. The maximum absolute atomic E-state index is 5.54. The lowest BCUT2D eigenvalue weighted by Gasteiger charge is -2.21. The zero-order valence-electron chi connectivity index (χ0n) is 14.7. The second kappa shape index (κ2) is 9.43. The zero-order valence-corrected chi connectivity index (χ0v) is 17.9.